The summed E-state index contributed by atoms with van der Waals surface area (Å²) in [7, 11) is 0. The Morgan fingerprint density at radius 2 is 1.83 bits per heavy atom. The number of amides is 2. The van der Waals surface area contributed by atoms with Crippen LogP contribution in [0.25, 0.3) is 5.69 Å². The van der Waals surface area contributed by atoms with E-state index in [9.17, 15) is 9.59 Å². The van der Waals surface area contributed by atoms with Gasteiger partial charge in [0.15, 0.2) is 0 Å². The highest BCUT2D eigenvalue weighted by molar-refractivity contribution is 6.35. The maximum atomic E-state index is 11.9. The summed E-state index contributed by atoms with van der Waals surface area (Å²) in [6.45, 7) is 6.29. The number of nitrogens with zero attached hydrogens (tertiary/aromatic N) is 3. The fourth-order valence-electron chi connectivity index (χ4n) is 3.06. The van der Waals surface area contributed by atoms with Crippen LogP contribution in [0, 0.1) is 20.8 Å². The van der Waals surface area contributed by atoms with Crippen molar-refractivity contribution in [3.63, 3.8) is 0 Å². The first-order valence-corrected chi connectivity index (χ1v) is 9.22. The van der Waals surface area contributed by atoms with Crippen LogP contribution in [0.1, 0.15) is 28.1 Å². The molecule has 0 aliphatic carbocycles. The molecule has 0 unspecified atom stereocenters. The lowest BCUT2D eigenvalue weighted by Gasteiger charge is -2.10. The first-order valence-electron chi connectivity index (χ1n) is 9.22. The van der Waals surface area contributed by atoms with E-state index in [1.807, 2.05) is 32.0 Å². The minimum atomic E-state index is -0.817. The molecular formula is C22H23N5O2. The van der Waals surface area contributed by atoms with Gasteiger partial charge in [-0.1, -0.05) is 12.1 Å². The van der Waals surface area contributed by atoms with Crippen molar-refractivity contribution in [3.8, 4) is 5.69 Å². The third kappa shape index (κ3) is 4.95. The third-order valence-corrected chi connectivity index (χ3v) is 4.51. The molecule has 0 fully saturated rings. The molecule has 0 saturated heterocycles. The topological polar surface area (TPSA) is 88.4 Å². The molecule has 0 bridgehead atoms. The van der Waals surface area contributed by atoms with Crippen LogP contribution in [0.5, 0.6) is 0 Å². The lowest BCUT2D eigenvalue weighted by molar-refractivity contribution is -0.139. The normalized spacial score (nSPS) is 10.9. The Balaban J connectivity index is 1.62. The second-order valence-corrected chi connectivity index (χ2v) is 6.74. The number of carbonyl (C=O) groups is 2. The molecule has 0 spiro atoms. The van der Waals surface area contributed by atoms with Crippen molar-refractivity contribution in [1.82, 2.24) is 20.3 Å². The molecule has 2 aromatic heterocycles. The SMILES string of the molecule is Cc1cccc(-n2c(C)cc(/C=N\NC(=O)C(=O)NCc3ccncc3)c2C)c1. The molecule has 148 valence electrons. The lowest BCUT2D eigenvalue weighted by atomic mass is 10.2. The van der Waals surface area contributed by atoms with Crippen LogP contribution in [-0.4, -0.2) is 27.6 Å². The Kier molecular flexibility index (Phi) is 6.19. The third-order valence-electron chi connectivity index (χ3n) is 4.51. The number of pyridine rings is 1. The van der Waals surface area contributed by atoms with E-state index in [-0.39, 0.29) is 6.54 Å². The summed E-state index contributed by atoms with van der Waals surface area (Å²) < 4.78 is 2.12. The lowest BCUT2D eigenvalue weighted by Crippen LogP contribution is -2.37. The molecule has 2 amide bonds. The molecule has 0 radical (unpaired) electrons. The van der Waals surface area contributed by atoms with Gasteiger partial charge in [-0.25, -0.2) is 5.43 Å². The predicted octanol–water partition coefficient (Wildman–Crippen LogP) is 2.56. The molecule has 29 heavy (non-hydrogen) atoms. The second-order valence-electron chi connectivity index (χ2n) is 6.74. The Labute approximate surface area is 169 Å². The van der Waals surface area contributed by atoms with Gasteiger partial charge in [0.1, 0.15) is 0 Å². The Bertz CT molecular complexity index is 1050. The average molecular weight is 389 g/mol. The van der Waals surface area contributed by atoms with E-state index < -0.39 is 11.8 Å². The van der Waals surface area contributed by atoms with Gasteiger partial charge in [0.2, 0.25) is 0 Å². The molecule has 2 heterocycles. The van der Waals surface area contributed by atoms with Crippen LogP contribution in [0.3, 0.4) is 0 Å². The molecule has 0 atom stereocenters. The number of hydrogen-bond donors (Lipinski definition) is 2. The number of hydrogen-bond acceptors (Lipinski definition) is 4. The van der Waals surface area contributed by atoms with E-state index in [4.69, 9.17) is 0 Å². The minimum Gasteiger partial charge on any atom is -0.344 e. The van der Waals surface area contributed by atoms with Gasteiger partial charge in [0, 0.05) is 41.6 Å². The maximum absolute atomic E-state index is 11.9. The van der Waals surface area contributed by atoms with Gasteiger partial charge in [-0.05, 0) is 62.2 Å². The van der Waals surface area contributed by atoms with Crippen molar-refractivity contribution in [3.05, 3.63) is 82.9 Å². The smallest absolute Gasteiger partial charge is 0.329 e. The highest BCUT2D eigenvalue weighted by atomic mass is 16.2. The second kappa shape index (κ2) is 8.97. The molecule has 1 aromatic carbocycles. The molecule has 3 aromatic rings. The van der Waals surface area contributed by atoms with E-state index >= 15 is 0 Å². The van der Waals surface area contributed by atoms with Crippen molar-refractivity contribution in [2.75, 3.05) is 0 Å². The molecule has 7 heteroatoms. The summed E-state index contributed by atoms with van der Waals surface area (Å²) in [5.41, 5.74) is 8.28. The molecule has 0 saturated carbocycles. The number of aromatic nitrogens is 2. The van der Waals surface area contributed by atoms with E-state index in [0.29, 0.717) is 0 Å². The van der Waals surface area contributed by atoms with Gasteiger partial charge in [-0.15, -0.1) is 0 Å². The first-order chi connectivity index (χ1) is 14.0. The number of nitrogens with one attached hydrogen (secondary N) is 2. The number of aryl methyl sites for hydroxylation is 2. The Morgan fingerprint density at radius 3 is 2.55 bits per heavy atom. The van der Waals surface area contributed by atoms with Crippen molar-refractivity contribution in [1.29, 1.82) is 0 Å². The summed E-state index contributed by atoms with van der Waals surface area (Å²) in [6, 6.07) is 13.7. The molecule has 0 aliphatic rings. The summed E-state index contributed by atoms with van der Waals surface area (Å²) >= 11 is 0. The highest BCUT2D eigenvalue weighted by Crippen LogP contribution is 2.20. The van der Waals surface area contributed by atoms with Crippen molar-refractivity contribution in [2.24, 2.45) is 5.10 Å². The van der Waals surface area contributed by atoms with Crippen LogP contribution < -0.4 is 10.7 Å². The fraction of sp³-hybridized carbons (Fsp3) is 0.182. The zero-order valence-corrected chi connectivity index (χ0v) is 16.6. The van der Waals surface area contributed by atoms with Gasteiger partial charge in [-0.2, -0.15) is 5.10 Å². The summed E-state index contributed by atoms with van der Waals surface area (Å²) in [5.74, 6) is -1.56. The monoisotopic (exact) mass is 389 g/mol. The van der Waals surface area contributed by atoms with Gasteiger partial charge >= 0.3 is 11.8 Å². The molecule has 3 rings (SSSR count). The van der Waals surface area contributed by atoms with Gasteiger partial charge < -0.3 is 9.88 Å². The van der Waals surface area contributed by atoms with E-state index in [1.165, 1.54) is 5.56 Å². The van der Waals surface area contributed by atoms with Crippen LogP contribution in [-0.2, 0) is 16.1 Å². The first kappa shape index (κ1) is 20.0. The van der Waals surface area contributed by atoms with Crippen LogP contribution in [0.4, 0.5) is 0 Å². The average Bonchev–Trinajstić information content (AvgIpc) is 3.00. The zero-order valence-electron chi connectivity index (χ0n) is 16.6. The van der Waals surface area contributed by atoms with E-state index in [0.717, 1.165) is 28.2 Å². The number of rotatable bonds is 5. The molecule has 0 aliphatic heterocycles. The number of hydrazone groups is 1. The van der Waals surface area contributed by atoms with Crippen LogP contribution in [0.2, 0.25) is 0 Å². The summed E-state index contributed by atoms with van der Waals surface area (Å²) in [5, 5.41) is 6.48. The summed E-state index contributed by atoms with van der Waals surface area (Å²) in [4.78, 5) is 27.7. The Hall–Kier alpha value is -3.74. The largest absolute Gasteiger partial charge is 0.344 e. The van der Waals surface area contributed by atoms with Gasteiger partial charge in [-0.3, -0.25) is 14.6 Å². The quantitative estimate of drug-likeness (QED) is 0.399. The van der Waals surface area contributed by atoms with Crippen molar-refractivity contribution in [2.45, 2.75) is 27.3 Å². The van der Waals surface area contributed by atoms with E-state index in [2.05, 4.69) is 44.5 Å². The van der Waals surface area contributed by atoms with E-state index in [1.54, 1.807) is 30.7 Å². The molecule has 2 N–H and O–H groups in total. The highest BCUT2D eigenvalue weighted by Gasteiger charge is 2.13. The van der Waals surface area contributed by atoms with Crippen molar-refractivity contribution < 1.29 is 9.59 Å². The number of carbonyl (C=O) groups excluding carboxylic acids is 2. The van der Waals surface area contributed by atoms with Crippen LogP contribution in [0.15, 0.2) is 60.0 Å². The standard InChI is InChI=1S/C22H23N5O2/c1-15-5-4-6-20(11-15)27-16(2)12-19(17(27)3)14-25-26-22(29)21(28)24-13-18-7-9-23-10-8-18/h4-12,14H,13H2,1-3H3,(H,24,28)(H,26,29)/b25-14-. The maximum Gasteiger partial charge on any atom is 0.329 e. The van der Waals surface area contributed by atoms with Gasteiger partial charge in [0.25, 0.3) is 0 Å². The van der Waals surface area contributed by atoms with Crippen molar-refractivity contribution >= 4 is 18.0 Å². The number of benzene rings is 1. The zero-order chi connectivity index (χ0) is 20.8. The molecular weight excluding hydrogens is 366 g/mol. The van der Waals surface area contributed by atoms with Gasteiger partial charge in [0.05, 0.1) is 6.21 Å². The van der Waals surface area contributed by atoms with Crippen LogP contribution >= 0.6 is 0 Å². The Morgan fingerprint density at radius 1 is 1.07 bits per heavy atom. The fourth-order valence-corrected chi connectivity index (χ4v) is 3.06. The summed E-state index contributed by atoms with van der Waals surface area (Å²) in [6.07, 6.45) is 4.79. The minimum absolute atomic E-state index is 0.246. The molecule has 7 nitrogen and oxygen atoms in total. The predicted molar refractivity (Wildman–Crippen MR) is 112 cm³/mol.